The molecule has 0 aliphatic rings. The van der Waals surface area contributed by atoms with Crippen LogP contribution in [0.1, 0.15) is 87.7 Å². The molecular weight excluding hydrogens is 478 g/mol. The maximum atomic E-state index is 11.8. The Morgan fingerprint density at radius 3 is 1.86 bits per heavy atom. The zero-order valence-electron chi connectivity index (χ0n) is 22.1. The van der Waals surface area contributed by atoms with Gasteiger partial charge in [-0.1, -0.05) is 108 Å². The minimum Gasteiger partial charge on any atom is -0.386 e. The number of aliphatic hydroxyl groups excluding tert-OH is 1. The van der Waals surface area contributed by atoms with Gasteiger partial charge in [-0.2, -0.15) is 0 Å². The molecule has 0 aliphatic heterocycles. The summed E-state index contributed by atoms with van der Waals surface area (Å²) >= 11 is 3.44. The molecule has 0 fully saturated rings. The van der Waals surface area contributed by atoms with E-state index in [1.807, 2.05) is 30.5 Å². The molecule has 4 aromatic rings. The van der Waals surface area contributed by atoms with Crippen molar-refractivity contribution >= 4 is 34.3 Å². The van der Waals surface area contributed by atoms with Crippen molar-refractivity contribution in [1.82, 2.24) is 4.98 Å². The largest absolute Gasteiger partial charge is 0.386 e. The minimum atomic E-state index is -0.656. The lowest BCUT2D eigenvalue weighted by Crippen LogP contribution is -2.14. The van der Waals surface area contributed by atoms with Gasteiger partial charge in [0.15, 0.2) is 0 Å². The van der Waals surface area contributed by atoms with Crippen molar-refractivity contribution in [3.05, 3.63) is 101 Å². The van der Waals surface area contributed by atoms with Crippen molar-refractivity contribution in [2.24, 2.45) is 0 Å². The van der Waals surface area contributed by atoms with Crippen LogP contribution >= 0.6 is 23.5 Å². The van der Waals surface area contributed by atoms with Gasteiger partial charge in [-0.05, 0) is 69.0 Å². The molecule has 1 heterocycles. The first-order chi connectivity index (χ1) is 17.2. The Hall–Kier alpha value is -2.27. The van der Waals surface area contributed by atoms with Crippen LogP contribution in [0.15, 0.2) is 88.9 Å². The Morgan fingerprint density at radius 1 is 0.639 bits per heavy atom. The van der Waals surface area contributed by atoms with Gasteiger partial charge < -0.3 is 5.11 Å². The highest BCUT2D eigenvalue weighted by Gasteiger charge is 2.28. The number of aromatic nitrogens is 1. The van der Waals surface area contributed by atoms with Crippen LogP contribution in [0.5, 0.6) is 0 Å². The van der Waals surface area contributed by atoms with E-state index in [0.717, 1.165) is 16.0 Å². The molecule has 0 amide bonds. The van der Waals surface area contributed by atoms with Crippen LogP contribution in [0.3, 0.4) is 0 Å². The summed E-state index contributed by atoms with van der Waals surface area (Å²) < 4.78 is -0.152. The Balaban J connectivity index is 1.80. The van der Waals surface area contributed by atoms with Crippen LogP contribution in [-0.2, 0) is 0 Å². The van der Waals surface area contributed by atoms with Crippen molar-refractivity contribution in [2.75, 3.05) is 0 Å². The summed E-state index contributed by atoms with van der Waals surface area (Å²) in [6.45, 7) is 13.6. The van der Waals surface area contributed by atoms with Gasteiger partial charge in [0, 0.05) is 11.1 Å². The predicted molar refractivity (Wildman–Crippen MR) is 157 cm³/mol. The fourth-order valence-electron chi connectivity index (χ4n) is 4.38. The molecule has 188 valence electrons. The highest BCUT2D eigenvalue weighted by Crippen LogP contribution is 2.47. The van der Waals surface area contributed by atoms with Crippen LogP contribution in [0.4, 0.5) is 0 Å². The number of benzene rings is 3. The van der Waals surface area contributed by atoms with Gasteiger partial charge in [0.25, 0.3) is 0 Å². The standard InChI is InChI=1S/C32H37NOS2/c1-20(2)26-18-27(21(3)4)31(28(19-26)22(5)6)36-32(35-29-13-9-10-16-33-29)30(34)25-15-14-23-11-7-8-12-24(23)17-25/h7-22,30,32,34H,1-6H3/t30-,32+/m0/s1. The maximum Gasteiger partial charge on any atom is 0.101 e. The van der Waals surface area contributed by atoms with Crippen LogP contribution < -0.4 is 0 Å². The SMILES string of the molecule is CC(C)c1cc(C(C)C)c(S[C@@H](Sc2ccccn2)[C@@H](O)c2ccc3ccccc3c2)c(C(C)C)c1. The molecule has 0 radical (unpaired) electrons. The predicted octanol–water partition coefficient (Wildman–Crippen LogP) is 9.55. The summed E-state index contributed by atoms with van der Waals surface area (Å²) in [6.07, 6.45) is 1.17. The third kappa shape index (κ3) is 6.16. The summed E-state index contributed by atoms with van der Waals surface area (Å²) in [4.78, 5) is 5.88. The number of hydrogen-bond acceptors (Lipinski definition) is 4. The first-order valence-electron chi connectivity index (χ1n) is 12.8. The van der Waals surface area contributed by atoms with E-state index in [-0.39, 0.29) is 4.58 Å². The summed E-state index contributed by atoms with van der Waals surface area (Å²) in [6, 6.07) is 25.4. The molecule has 2 atom stereocenters. The van der Waals surface area contributed by atoms with Gasteiger partial charge in [0.1, 0.15) is 6.10 Å². The third-order valence-electron chi connectivity index (χ3n) is 6.56. The fourth-order valence-corrected chi connectivity index (χ4v) is 7.34. The van der Waals surface area contributed by atoms with E-state index in [1.165, 1.54) is 27.0 Å². The molecule has 36 heavy (non-hydrogen) atoms. The molecule has 3 aromatic carbocycles. The fraction of sp³-hybridized carbons (Fsp3) is 0.344. The van der Waals surface area contributed by atoms with E-state index >= 15 is 0 Å². The van der Waals surface area contributed by atoms with E-state index in [0.29, 0.717) is 17.8 Å². The molecule has 4 rings (SSSR count). The Bertz CT molecular complexity index is 1270. The number of nitrogens with zero attached hydrogens (tertiary/aromatic N) is 1. The van der Waals surface area contributed by atoms with Gasteiger partial charge in [-0.15, -0.1) is 11.8 Å². The van der Waals surface area contributed by atoms with Crippen LogP contribution in [-0.4, -0.2) is 14.7 Å². The molecular formula is C32H37NOS2. The summed E-state index contributed by atoms with van der Waals surface area (Å²) in [7, 11) is 0. The molecule has 0 unspecified atom stereocenters. The second kappa shape index (κ2) is 11.9. The van der Waals surface area contributed by atoms with E-state index in [2.05, 4.69) is 95.1 Å². The van der Waals surface area contributed by atoms with Gasteiger partial charge in [-0.25, -0.2) is 4.98 Å². The lowest BCUT2D eigenvalue weighted by molar-refractivity contribution is 0.196. The number of fused-ring (bicyclic) bond motifs is 1. The molecule has 1 N–H and O–H groups in total. The lowest BCUT2D eigenvalue weighted by Gasteiger charge is -2.28. The summed E-state index contributed by atoms with van der Waals surface area (Å²) in [5.41, 5.74) is 5.06. The molecule has 2 nitrogen and oxygen atoms in total. The average molecular weight is 516 g/mol. The maximum absolute atomic E-state index is 11.8. The van der Waals surface area contributed by atoms with Gasteiger partial charge in [0.2, 0.25) is 0 Å². The zero-order chi connectivity index (χ0) is 25.8. The number of hydrogen-bond donors (Lipinski definition) is 1. The molecule has 0 aliphatic carbocycles. The molecule has 0 bridgehead atoms. The minimum absolute atomic E-state index is 0.152. The normalized spacial score (nSPS) is 13.6. The summed E-state index contributed by atoms with van der Waals surface area (Å²) in [5.74, 6) is 1.25. The van der Waals surface area contributed by atoms with Crippen LogP contribution in [0.2, 0.25) is 0 Å². The second-order valence-corrected chi connectivity index (χ2v) is 12.9. The smallest absolute Gasteiger partial charge is 0.101 e. The zero-order valence-corrected chi connectivity index (χ0v) is 23.7. The van der Waals surface area contributed by atoms with E-state index in [1.54, 1.807) is 23.5 Å². The van der Waals surface area contributed by atoms with Crippen LogP contribution in [0, 0.1) is 0 Å². The quantitative estimate of drug-likeness (QED) is 0.178. The number of thioether (sulfide) groups is 2. The van der Waals surface area contributed by atoms with E-state index < -0.39 is 6.10 Å². The number of aliphatic hydroxyl groups is 1. The van der Waals surface area contributed by atoms with Crippen molar-refractivity contribution in [1.29, 1.82) is 0 Å². The van der Waals surface area contributed by atoms with Gasteiger partial charge >= 0.3 is 0 Å². The topological polar surface area (TPSA) is 33.1 Å². The lowest BCUT2D eigenvalue weighted by atomic mass is 9.89. The van der Waals surface area contributed by atoms with Gasteiger partial charge in [0.05, 0.1) is 9.61 Å². The molecule has 0 saturated carbocycles. The summed E-state index contributed by atoms with van der Waals surface area (Å²) in [5, 5.41) is 15.0. The molecule has 0 spiro atoms. The van der Waals surface area contributed by atoms with E-state index in [9.17, 15) is 5.11 Å². The van der Waals surface area contributed by atoms with Crippen molar-refractivity contribution < 1.29 is 5.11 Å². The second-order valence-electron chi connectivity index (χ2n) is 10.3. The number of pyridine rings is 1. The monoisotopic (exact) mass is 515 g/mol. The van der Waals surface area contributed by atoms with Crippen molar-refractivity contribution in [3.8, 4) is 0 Å². The highest BCUT2D eigenvalue weighted by atomic mass is 32.2. The highest BCUT2D eigenvalue weighted by molar-refractivity contribution is 8.17. The average Bonchev–Trinajstić information content (AvgIpc) is 2.87. The molecule has 1 aromatic heterocycles. The Kier molecular flexibility index (Phi) is 8.82. The van der Waals surface area contributed by atoms with Crippen molar-refractivity contribution in [3.63, 3.8) is 0 Å². The first kappa shape index (κ1) is 26.8. The van der Waals surface area contributed by atoms with E-state index in [4.69, 9.17) is 0 Å². The molecule has 4 heteroatoms. The third-order valence-corrected chi connectivity index (χ3v) is 9.31. The van der Waals surface area contributed by atoms with Crippen molar-refractivity contribution in [2.45, 2.75) is 79.9 Å². The Morgan fingerprint density at radius 2 is 1.28 bits per heavy atom. The Labute approximate surface area is 225 Å². The number of rotatable bonds is 9. The van der Waals surface area contributed by atoms with Gasteiger partial charge in [-0.3, -0.25) is 0 Å². The molecule has 0 saturated heterocycles. The first-order valence-corrected chi connectivity index (χ1v) is 14.6. The van der Waals surface area contributed by atoms with Crippen LogP contribution in [0.25, 0.3) is 10.8 Å².